The minimum Gasteiger partial charge on any atom is -0.419 e. The lowest BCUT2D eigenvalue weighted by molar-refractivity contribution is -0.125. The molecule has 0 fully saturated rings. The molecule has 5 nitrogen and oxygen atoms in total. The Labute approximate surface area is 92.6 Å². The van der Waals surface area contributed by atoms with Crippen LogP contribution in [0.4, 0.5) is 0 Å². The molecule has 0 aliphatic heterocycles. The number of hydrogen-bond acceptors (Lipinski definition) is 4. The summed E-state index contributed by atoms with van der Waals surface area (Å²) in [7, 11) is -4.55. The van der Waals surface area contributed by atoms with E-state index < -0.39 is 13.1 Å². The number of hydrogen-bond donors (Lipinski definition) is 1. The minimum atomic E-state index is -4.55. The molecule has 0 aliphatic carbocycles. The zero-order valence-corrected chi connectivity index (χ0v) is 9.52. The number of carbonyl (C=O) groups excluding carboxylic acids is 2. The average molecular weight is 242 g/mol. The van der Waals surface area contributed by atoms with Gasteiger partial charge < -0.3 is 9.42 Å². The standard InChI is InChI=1S/C10H11O5P/c1-2-8-5-3-4-6-9(8)15-16(13,14)10(12)7-11/h3-7H,2H2,1H3,(H,13,14). The maximum atomic E-state index is 11.3. The van der Waals surface area contributed by atoms with Gasteiger partial charge in [0.25, 0.3) is 0 Å². The largest absolute Gasteiger partial charge is 0.451 e. The van der Waals surface area contributed by atoms with Gasteiger partial charge in [-0.1, -0.05) is 25.1 Å². The fraction of sp³-hybridized carbons (Fsp3) is 0.200. The predicted molar refractivity (Wildman–Crippen MR) is 57.3 cm³/mol. The third kappa shape index (κ3) is 2.78. The second-order valence-corrected chi connectivity index (χ2v) is 4.69. The highest BCUT2D eigenvalue weighted by molar-refractivity contribution is 7.73. The van der Waals surface area contributed by atoms with Crippen LogP contribution in [0.5, 0.6) is 5.75 Å². The molecule has 86 valence electrons. The molecule has 16 heavy (non-hydrogen) atoms. The van der Waals surface area contributed by atoms with E-state index >= 15 is 0 Å². The molecule has 0 bridgehead atoms. The van der Waals surface area contributed by atoms with Crippen molar-refractivity contribution in [1.82, 2.24) is 0 Å². The second kappa shape index (κ2) is 5.05. The van der Waals surface area contributed by atoms with E-state index in [1.807, 2.05) is 6.92 Å². The van der Waals surface area contributed by atoms with Gasteiger partial charge in [-0.2, -0.15) is 0 Å². The van der Waals surface area contributed by atoms with Crippen LogP contribution in [0.1, 0.15) is 12.5 Å². The SMILES string of the molecule is CCc1ccccc1OP(=O)(O)C(=O)C=O. The molecular formula is C10H11O5P. The number of rotatable bonds is 5. The van der Waals surface area contributed by atoms with Crippen LogP contribution in [0.2, 0.25) is 0 Å². The molecule has 6 heteroatoms. The molecule has 0 heterocycles. The molecule has 0 aromatic heterocycles. The minimum absolute atomic E-state index is 0.144. The zero-order valence-electron chi connectivity index (χ0n) is 8.62. The molecule has 0 spiro atoms. The van der Waals surface area contributed by atoms with Gasteiger partial charge in [0.1, 0.15) is 5.75 Å². The number of aryl methyl sites for hydroxylation is 1. The molecule has 0 radical (unpaired) electrons. The summed E-state index contributed by atoms with van der Waals surface area (Å²) in [6.45, 7) is 1.84. The Morgan fingerprint density at radius 1 is 1.50 bits per heavy atom. The van der Waals surface area contributed by atoms with Gasteiger partial charge in [0.05, 0.1) is 0 Å². The van der Waals surface area contributed by atoms with E-state index in [1.165, 1.54) is 6.07 Å². The Morgan fingerprint density at radius 2 is 2.12 bits per heavy atom. The van der Waals surface area contributed by atoms with E-state index in [0.29, 0.717) is 12.0 Å². The van der Waals surface area contributed by atoms with Crippen molar-refractivity contribution in [3.63, 3.8) is 0 Å². The van der Waals surface area contributed by atoms with Gasteiger partial charge in [0.15, 0.2) is 6.29 Å². The van der Waals surface area contributed by atoms with Gasteiger partial charge in [-0.25, -0.2) is 4.57 Å². The highest BCUT2D eigenvalue weighted by Crippen LogP contribution is 2.43. The van der Waals surface area contributed by atoms with E-state index in [0.717, 1.165) is 0 Å². The van der Waals surface area contributed by atoms with Gasteiger partial charge in [0, 0.05) is 0 Å². The molecule has 0 saturated carbocycles. The van der Waals surface area contributed by atoms with Crippen LogP contribution in [0.25, 0.3) is 0 Å². The summed E-state index contributed by atoms with van der Waals surface area (Å²) in [5.74, 6) is 0.144. The van der Waals surface area contributed by atoms with E-state index in [9.17, 15) is 19.0 Å². The molecule has 1 atom stereocenters. The van der Waals surface area contributed by atoms with Crippen molar-refractivity contribution in [2.45, 2.75) is 13.3 Å². The summed E-state index contributed by atoms with van der Waals surface area (Å²) >= 11 is 0. The Balaban J connectivity index is 3.00. The summed E-state index contributed by atoms with van der Waals surface area (Å²) in [6.07, 6.45) is 0.376. The van der Waals surface area contributed by atoms with Crippen molar-refractivity contribution in [2.75, 3.05) is 0 Å². The maximum Gasteiger partial charge on any atom is 0.451 e. The second-order valence-electron chi connectivity index (χ2n) is 3.03. The summed E-state index contributed by atoms with van der Waals surface area (Å²) < 4.78 is 16.0. The first kappa shape index (κ1) is 12.6. The van der Waals surface area contributed by atoms with Crippen LogP contribution in [0, 0.1) is 0 Å². The maximum absolute atomic E-state index is 11.3. The molecule has 0 saturated heterocycles. The first-order chi connectivity index (χ1) is 7.51. The molecule has 1 rings (SSSR count). The van der Waals surface area contributed by atoms with Gasteiger partial charge in [-0.3, -0.25) is 9.59 Å². The van der Waals surface area contributed by atoms with Crippen molar-refractivity contribution >= 4 is 19.4 Å². The summed E-state index contributed by atoms with van der Waals surface area (Å²) in [5, 5.41) is 0. The molecule has 1 aromatic carbocycles. The van der Waals surface area contributed by atoms with Crippen molar-refractivity contribution in [3.8, 4) is 5.75 Å². The van der Waals surface area contributed by atoms with Crippen molar-refractivity contribution in [2.24, 2.45) is 0 Å². The average Bonchev–Trinajstić information content (AvgIpc) is 2.28. The fourth-order valence-corrected chi connectivity index (χ4v) is 1.80. The fourth-order valence-electron chi connectivity index (χ4n) is 1.13. The summed E-state index contributed by atoms with van der Waals surface area (Å²) in [6, 6.07) is 6.54. The first-order valence-corrected chi connectivity index (χ1v) is 6.19. The van der Waals surface area contributed by atoms with Crippen molar-refractivity contribution < 1.29 is 23.6 Å². The van der Waals surface area contributed by atoms with Gasteiger partial charge >= 0.3 is 13.1 Å². The molecule has 0 amide bonds. The molecule has 0 aliphatic rings. The van der Waals surface area contributed by atoms with Crippen molar-refractivity contribution in [1.29, 1.82) is 0 Å². The first-order valence-electron chi connectivity index (χ1n) is 4.61. The van der Waals surface area contributed by atoms with Crippen LogP contribution in [-0.2, 0) is 20.6 Å². The molecule has 1 N–H and O–H groups in total. The van der Waals surface area contributed by atoms with E-state index in [1.54, 1.807) is 18.2 Å². The van der Waals surface area contributed by atoms with Gasteiger partial charge in [0.2, 0.25) is 0 Å². The monoisotopic (exact) mass is 242 g/mol. The van der Waals surface area contributed by atoms with E-state index in [2.05, 4.69) is 0 Å². The zero-order chi connectivity index (χ0) is 12.2. The summed E-state index contributed by atoms with van der Waals surface area (Å²) in [5.41, 5.74) is -0.756. The number of para-hydroxylation sites is 1. The van der Waals surface area contributed by atoms with Gasteiger partial charge in [-0.05, 0) is 18.1 Å². The lowest BCUT2D eigenvalue weighted by Crippen LogP contribution is -2.06. The van der Waals surface area contributed by atoms with E-state index in [4.69, 9.17) is 4.52 Å². The molecular weight excluding hydrogens is 231 g/mol. The van der Waals surface area contributed by atoms with Gasteiger partial charge in [-0.15, -0.1) is 0 Å². The third-order valence-electron chi connectivity index (χ3n) is 1.95. The quantitative estimate of drug-likeness (QED) is 0.481. The number of benzene rings is 1. The lowest BCUT2D eigenvalue weighted by Gasteiger charge is -2.12. The third-order valence-corrected chi connectivity index (χ3v) is 3.06. The van der Waals surface area contributed by atoms with Crippen LogP contribution >= 0.6 is 7.60 Å². The Bertz CT molecular complexity index is 454. The predicted octanol–water partition coefficient (Wildman–Crippen LogP) is 1.54. The lowest BCUT2D eigenvalue weighted by atomic mass is 10.1. The van der Waals surface area contributed by atoms with Crippen LogP contribution in [0.3, 0.4) is 0 Å². The Kier molecular flexibility index (Phi) is 3.99. The Morgan fingerprint density at radius 3 is 2.69 bits per heavy atom. The molecule has 1 unspecified atom stereocenters. The smallest absolute Gasteiger partial charge is 0.419 e. The number of aldehydes is 1. The van der Waals surface area contributed by atoms with Crippen LogP contribution < -0.4 is 4.52 Å². The Hall–Kier alpha value is -1.45. The highest BCUT2D eigenvalue weighted by atomic mass is 31.2. The normalized spacial score (nSPS) is 13.9. The number of carbonyl (C=O) groups is 2. The molecule has 1 aromatic rings. The van der Waals surface area contributed by atoms with Crippen LogP contribution in [-0.4, -0.2) is 16.7 Å². The summed E-state index contributed by atoms with van der Waals surface area (Å²) in [4.78, 5) is 30.2. The topological polar surface area (TPSA) is 80.7 Å². The highest BCUT2D eigenvalue weighted by Gasteiger charge is 2.32. The van der Waals surface area contributed by atoms with E-state index in [-0.39, 0.29) is 12.0 Å². The van der Waals surface area contributed by atoms with Crippen LogP contribution in [0.15, 0.2) is 24.3 Å². The van der Waals surface area contributed by atoms with Crippen molar-refractivity contribution in [3.05, 3.63) is 29.8 Å².